The van der Waals surface area contributed by atoms with Crippen LogP contribution >= 0.6 is 0 Å². The van der Waals surface area contributed by atoms with Crippen LogP contribution in [0.15, 0.2) is 24.3 Å². The Morgan fingerprint density at radius 2 is 1.94 bits per heavy atom. The van der Waals surface area contributed by atoms with Gasteiger partial charge in [0, 0.05) is 0 Å². The standard InChI is InChI=1S/C17H24O/c1-3-4-13-9-15-10-16(15)17(18-11-13)14-7-5-12(2)6-8-14/h5-8,13,15-17H,3-4,9-11H2,1-2H3/t13?,15-,16?,17?/m0/s1. The van der Waals surface area contributed by atoms with Gasteiger partial charge < -0.3 is 4.74 Å². The van der Waals surface area contributed by atoms with Gasteiger partial charge in [0.1, 0.15) is 0 Å². The van der Waals surface area contributed by atoms with Gasteiger partial charge in [-0.2, -0.15) is 0 Å². The molecular formula is C17H24O. The van der Waals surface area contributed by atoms with Gasteiger partial charge >= 0.3 is 0 Å². The number of aryl methyl sites for hydroxylation is 1. The van der Waals surface area contributed by atoms with Crippen LogP contribution in [0.25, 0.3) is 0 Å². The van der Waals surface area contributed by atoms with Crippen LogP contribution in [0.4, 0.5) is 0 Å². The van der Waals surface area contributed by atoms with Crippen LogP contribution in [0.1, 0.15) is 49.8 Å². The Morgan fingerprint density at radius 1 is 1.17 bits per heavy atom. The Bertz CT molecular complexity index is 395. The lowest BCUT2D eigenvalue weighted by Crippen LogP contribution is -2.11. The molecular weight excluding hydrogens is 220 g/mol. The van der Waals surface area contributed by atoms with Crippen molar-refractivity contribution in [2.75, 3.05) is 6.61 Å². The minimum Gasteiger partial charge on any atom is -0.373 e. The van der Waals surface area contributed by atoms with E-state index >= 15 is 0 Å². The molecule has 2 fully saturated rings. The second kappa shape index (κ2) is 5.05. The molecule has 1 aromatic carbocycles. The smallest absolute Gasteiger partial charge is 0.0855 e. The molecule has 98 valence electrons. The largest absolute Gasteiger partial charge is 0.373 e. The Hall–Kier alpha value is -0.820. The first-order valence-corrected chi connectivity index (χ1v) is 7.46. The number of hydrogen-bond acceptors (Lipinski definition) is 1. The molecule has 1 heterocycles. The van der Waals surface area contributed by atoms with Gasteiger partial charge in [0.15, 0.2) is 0 Å². The molecule has 18 heavy (non-hydrogen) atoms. The van der Waals surface area contributed by atoms with Crippen LogP contribution in [0, 0.1) is 24.7 Å². The van der Waals surface area contributed by atoms with Crippen molar-refractivity contribution in [2.24, 2.45) is 17.8 Å². The summed E-state index contributed by atoms with van der Waals surface area (Å²) in [5, 5.41) is 0. The summed E-state index contributed by atoms with van der Waals surface area (Å²) in [6.07, 6.45) is 5.79. The molecule has 1 heteroatoms. The van der Waals surface area contributed by atoms with Crippen molar-refractivity contribution in [2.45, 2.75) is 45.6 Å². The van der Waals surface area contributed by atoms with E-state index in [0.29, 0.717) is 6.10 Å². The summed E-state index contributed by atoms with van der Waals surface area (Å²) in [5.41, 5.74) is 2.73. The average Bonchev–Trinajstić information content (AvgIpc) is 3.11. The zero-order chi connectivity index (χ0) is 12.5. The van der Waals surface area contributed by atoms with Gasteiger partial charge in [-0.25, -0.2) is 0 Å². The van der Waals surface area contributed by atoms with Gasteiger partial charge in [-0.1, -0.05) is 43.2 Å². The molecule has 0 aromatic heterocycles. The van der Waals surface area contributed by atoms with Crippen molar-refractivity contribution in [3.05, 3.63) is 35.4 Å². The Labute approximate surface area is 111 Å². The van der Waals surface area contributed by atoms with Crippen molar-refractivity contribution in [3.63, 3.8) is 0 Å². The maximum Gasteiger partial charge on any atom is 0.0855 e. The maximum atomic E-state index is 6.25. The highest BCUT2D eigenvalue weighted by Crippen LogP contribution is 2.54. The highest BCUT2D eigenvalue weighted by molar-refractivity contribution is 5.25. The molecule has 1 aliphatic carbocycles. The fourth-order valence-electron chi connectivity index (χ4n) is 3.48. The van der Waals surface area contributed by atoms with E-state index in [0.717, 1.165) is 24.4 Å². The number of fused-ring (bicyclic) bond motifs is 1. The Kier molecular flexibility index (Phi) is 3.43. The van der Waals surface area contributed by atoms with Gasteiger partial charge in [-0.15, -0.1) is 0 Å². The van der Waals surface area contributed by atoms with Crippen LogP contribution in [0.3, 0.4) is 0 Å². The minimum atomic E-state index is 0.373. The molecule has 3 rings (SSSR count). The molecule has 0 radical (unpaired) electrons. The van der Waals surface area contributed by atoms with E-state index in [1.165, 1.54) is 36.8 Å². The zero-order valence-corrected chi connectivity index (χ0v) is 11.6. The lowest BCUT2D eigenvalue weighted by atomic mass is 9.97. The van der Waals surface area contributed by atoms with E-state index in [9.17, 15) is 0 Å². The minimum absolute atomic E-state index is 0.373. The lowest BCUT2D eigenvalue weighted by Gasteiger charge is -2.19. The normalized spacial score (nSPS) is 34.8. The number of rotatable bonds is 3. The van der Waals surface area contributed by atoms with Crippen molar-refractivity contribution in [3.8, 4) is 0 Å². The Balaban J connectivity index is 1.72. The molecule has 0 amide bonds. The highest BCUT2D eigenvalue weighted by Gasteiger charge is 2.47. The van der Waals surface area contributed by atoms with Gasteiger partial charge in [0.05, 0.1) is 12.7 Å². The van der Waals surface area contributed by atoms with E-state index in [-0.39, 0.29) is 0 Å². The fourth-order valence-corrected chi connectivity index (χ4v) is 3.48. The van der Waals surface area contributed by atoms with Crippen molar-refractivity contribution < 1.29 is 4.74 Å². The van der Waals surface area contributed by atoms with Crippen molar-refractivity contribution >= 4 is 0 Å². The number of benzene rings is 1. The summed E-state index contributed by atoms with van der Waals surface area (Å²) in [4.78, 5) is 0. The molecule has 1 aliphatic heterocycles. The third-order valence-corrected chi connectivity index (χ3v) is 4.62. The molecule has 1 aromatic rings. The summed E-state index contributed by atoms with van der Waals surface area (Å²) in [5.74, 6) is 2.55. The summed E-state index contributed by atoms with van der Waals surface area (Å²) < 4.78 is 6.25. The van der Waals surface area contributed by atoms with E-state index < -0.39 is 0 Å². The van der Waals surface area contributed by atoms with E-state index in [2.05, 4.69) is 38.1 Å². The predicted molar refractivity (Wildman–Crippen MR) is 74.5 cm³/mol. The third-order valence-electron chi connectivity index (χ3n) is 4.62. The summed E-state index contributed by atoms with van der Waals surface area (Å²) in [6.45, 7) is 5.40. The summed E-state index contributed by atoms with van der Waals surface area (Å²) in [6, 6.07) is 8.94. The average molecular weight is 244 g/mol. The second-order valence-corrected chi connectivity index (χ2v) is 6.21. The van der Waals surface area contributed by atoms with Crippen molar-refractivity contribution in [1.82, 2.24) is 0 Å². The molecule has 0 bridgehead atoms. The van der Waals surface area contributed by atoms with E-state index in [4.69, 9.17) is 4.74 Å². The second-order valence-electron chi connectivity index (χ2n) is 6.21. The number of hydrogen-bond donors (Lipinski definition) is 0. The lowest BCUT2D eigenvalue weighted by molar-refractivity contribution is 0.0237. The topological polar surface area (TPSA) is 9.23 Å². The number of ether oxygens (including phenoxy) is 1. The quantitative estimate of drug-likeness (QED) is 0.760. The molecule has 3 unspecified atom stereocenters. The molecule has 0 N–H and O–H groups in total. The highest BCUT2D eigenvalue weighted by atomic mass is 16.5. The Morgan fingerprint density at radius 3 is 2.67 bits per heavy atom. The fraction of sp³-hybridized carbons (Fsp3) is 0.647. The van der Waals surface area contributed by atoms with Crippen LogP contribution in [0.2, 0.25) is 0 Å². The van der Waals surface area contributed by atoms with Crippen molar-refractivity contribution in [1.29, 1.82) is 0 Å². The first-order chi connectivity index (χ1) is 8.78. The predicted octanol–water partition coefficient (Wildman–Crippen LogP) is 4.51. The van der Waals surface area contributed by atoms with Crippen LogP contribution in [0.5, 0.6) is 0 Å². The summed E-state index contributed by atoms with van der Waals surface area (Å²) >= 11 is 0. The third kappa shape index (κ3) is 2.47. The van der Waals surface area contributed by atoms with E-state index in [1.807, 2.05) is 0 Å². The van der Waals surface area contributed by atoms with Crippen LogP contribution in [-0.2, 0) is 4.74 Å². The van der Waals surface area contributed by atoms with Gasteiger partial charge in [0.2, 0.25) is 0 Å². The van der Waals surface area contributed by atoms with Crippen LogP contribution < -0.4 is 0 Å². The van der Waals surface area contributed by atoms with Gasteiger partial charge in [-0.3, -0.25) is 0 Å². The maximum absolute atomic E-state index is 6.25. The first kappa shape index (κ1) is 12.2. The zero-order valence-electron chi connectivity index (χ0n) is 11.6. The first-order valence-electron chi connectivity index (χ1n) is 7.46. The van der Waals surface area contributed by atoms with Crippen LogP contribution in [-0.4, -0.2) is 6.61 Å². The molecule has 2 aliphatic rings. The molecule has 1 saturated heterocycles. The van der Waals surface area contributed by atoms with Gasteiger partial charge in [0.25, 0.3) is 0 Å². The molecule has 1 saturated carbocycles. The molecule has 4 atom stereocenters. The SMILES string of the molecule is CCCC1COC(c2ccc(C)cc2)C2C[C@@H]2C1. The molecule has 1 nitrogen and oxygen atoms in total. The summed E-state index contributed by atoms with van der Waals surface area (Å²) in [7, 11) is 0. The van der Waals surface area contributed by atoms with Gasteiger partial charge in [-0.05, 0) is 49.5 Å². The van der Waals surface area contributed by atoms with E-state index in [1.54, 1.807) is 0 Å². The monoisotopic (exact) mass is 244 g/mol. The molecule has 0 spiro atoms.